The highest BCUT2D eigenvalue weighted by molar-refractivity contribution is 7.86. The first-order chi connectivity index (χ1) is 40.7. The first-order valence-corrected chi connectivity index (χ1v) is 32.2. The maximum Gasteiger partial charge on any atom is 0.335 e. The van der Waals surface area contributed by atoms with Gasteiger partial charge in [-0.05, 0) is 67.3 Å². The van der Waals surface area contributed by atoms with Crippen molar-refractivity contribution < 1.29 is 110 Å². The first kappa shape index (κ1) is 70.6. The van der Waals surface area contributed by atoms with Crippen molar-refractivity contribution in [3.05, 3.63) is 83.1 Å². The molecule has 0 radical (unpaired) electrons. The van der Waals surface area contributed by atoms with Crippen LogP contribution >= 0.6 is 0 Å². The second-order valence-corrected chi connectivity index (χ2v) is 23.8. The number of hydrogen-bond acceptors (Lipinski definition) is 25. The largest absolute Gasteiger partial charge is 0.748 e. The van der Waals surface area contributed by atoms with Gasteiger partial charge < -0.3 is 75.2 Å². The number of nitrogens with zero attached hydrogens (tertiary/aromatic N) is 3. The van der Waals surface area contributed by atoms with E-state index in [9.17, 15) is 53.3 Å². The summed E-state index contributed by atoms with van der Waals surface area (Å²) in [6, 6.07) is 11.2. The second-order valence-electron chi connectivity index (χ2n) is 19.4. The van der Waals surface area contributed by atoms with Crippen molar-refractivity contribution in [3.63, 3.8) is 0 Å². The Morgan fingerprint density at radius 3 is 1.73 bits per heavy atom. The van der Waals surface area contributed by atoms with Crippen LogP contribution in [0, 0.1) is 0 Å². The molecule has 476 valence electrons. The quantitative estimate of drug-likeness (QED) is 0.0337. The molecule has 1 atom stereocenters. The molecule has 2 amide bonds. The minimum absolute atomic E-state index is 0.00857. The van der Waals surface area contributed by atoms with Gasteiger partial charge in [0.15, 0.2) is 6.54 Å². The Morgan fingerprint density at radius 1 is 0.647 bits per heavy atom. The molecule has 0 spiro atoms. The highest BCUT2D eigenvalue weighted by Gasteiger charge is 2.43. The van der Waals surface area contributed by atoms with Gasteiger partial charge in [0.25, 0.3) is 11.8 Å². The molecule has 1 aliphatic carbocycles. The number of fused-ring (bicyclic) bond motifs is 2. The zero-order chi connectivity index (χ0) is 61.6. The van der Waals surface area contributed by atoms with Crippen molar-refractivity contribution in [2.24, 2.45) is 0 Å². The van der Waals surface area contributed by atoms with Crippen LogP contribution < -0.4 is 14.8 Å². The Kier molecular flexibility index (Phi) is 30.6. The lowest BCUT2D eigenvalue weighted by molar-refractivity contribution is -0.198. The number of methoxy groups -OCH3 is 1. The van der Waals surface area contributed by atoms with E-state index in [1.807, 2.05) is 27.7 Å². The lowest BCUT2D eigenvalue weighted by Crippen LogP contribution is -2.35. The van der Waals surface area contributed by atoms with Crippen molar-refractivity contribution in [2.75, 3.05) is 169 Å². The van der Waals surface area contributed by atoms with Gasteiger partial charge in [-0.2, -0.15) is 0 Å². The molecule has 0 aromatic heterocycles. The van der Waals surface area contributed by atoms with E-state index >= 15 is 0 Å². The summed E-state index contributed by atoms with van der Waals surface area (Å²) in [6.07, 6.45) is 6.83. The number of ether oxygens (including phenoxy) is 10. The summed E-state index contributed by atoms with van der Waals surface area (Å²) in [5, 5.41) is 1.16. The monoisotopic (exact) mass is 1260 g/mol. The van der Waals surface area contributed by atoms with Crippen molar-refractivity contribution in [1.82, 2.24) is 9.64 Å². The number of benzene rings is 2. The molecule has 0 saturated carbocycles. The van der Waals surface area contributed by atoms with Crippen molar-refractivity contribution >= 4 is 59.9 Å². The minimum Gasteiger partial charge on any atom is -0.748 e. The fourth-order valence-electron chi connectivity index (χ4n) is 8.98. The summed E-state index contributed by atoms with van der Waals surface area (Å²) in [7, 11) is -12.4. The fourth-order valence-corrected chi connectivity index (χ4v) is 10.5. The molecule has 5 rings (SSSR count). The van der Waals surface area contributed by atoms with Crippen molar-refractivity contribution in [2.45, 2.75) is 55.8 Å². The summed E-state index contributed by atoms with van der Waals surface area (Å²) >= 11 is 0. The number of rotatable bonds is 45. The number of amides is 2. The Hall–Kier alpha value is -5.13. The van der Waals surface area contributed by atoms with Crippen LogP contribution in [0.25, 0.3) is 17.4 Å². The van der Waals surface area contributed by atoms with E-state index in [0.717, 1.165) is 5.56 Å². The molecule has 1 aromatic carbocycles. The predicted octanol–water partition coefficient (Wildman–Crippen LogP) is 1.79. The third-order valence-electron chi connectivity index (χ3n) is 13.2. The maximum atomic E-state index is 12.3. The van der Waals surface area contributed by atoms with Gasteiger partial charge in [-0.25, -0.2) is 34.6 Å². The van der Waals surface area contributed by atoms with Crippen molar-refractivity contribution in [1.29, 1.82) is 0 Å². The summed E-state index contributed by atoms with van der Waals surface area (Å²) in [6.45, 7) is 8.23. The molecule has 0 bridgehead atoms. The maximum absolute atomic E-state index is 12.3. The van der Waals surface area contributed by atoms with E-state index in [1.54, 1.807) is 38.3 Å². The van der Waals surface area contributed by atoms with Gasteiger partial charge in [0.2, 0.25) is 5.36 Å². The number of carbonyl (C=O) groups excluding carboxylic acids is 3. The number of hydrogen-bond donors (Lipinski definition) is 0. The number of imide groups is 1. The molecule has 1 aromatic rings. The van der Waals surface area contributed by atoms with Crippen LogP contribution in [-0.4, -0.2) is 226 Å². The van der Waals surface area contributed by atoms with E-state index in [0.29, 0.717) is 98.1 Å². The zero-order valence-corrected chi connectivity index (χ0v) is 50.4. The number of hydroxylamine groups is 2. The summed E-state index contributed by atoms with van der Waals surface area (Å²) in [4.78, 5) is 41.2. The number of carbonyl (C=O) groups is 3. The molecule has 1 unspecified atom stereocenters. The van der Waals surface area contributed by atoms with Gasteiger partial charge >= 0.3 is 5.97 Å². The predicted molar refractivity (Wildman–Crippen MR) is 301 cm³/mol. The molecular formula is C55H77N3O24S3-2. The van der Waals surface area contributed by atoms with Gasteiger partial charge in [0.1, 0.15) is 29.0 Å². The molecule has 3 aliphatic heterocycles. The Balaban J connectivity index is 1.18. The van der Waals surface area contributed by atoms with Crippen LogP contribution in [0.2, 0.25) is 0 Å². The van der Waals surface area contributed by atoms with Crippen LogP contribution in [0.3, 0.4) is 0 Å². The van der Waals surface area contributed by atoms with Crippen LogP contribution in [0.5, 0.6) is 0 Å². The topological polar surface area (TPSA) is 347 Å². The third kappa shape index (κ3) is 25.6. The summed E-state index contributed by atoms with van der Waals surface area (Å²) in [5.41, 5.74) is 1.91. The standard InChI is InChI=1S/C55H79N3O24S3/c1-55(16-4-40-83(62,63)64)48-43-46(85(68,69)70)9-11-49(48)57(19-23-74-28-31-78-36-39-80-37-34-76-29-26-72-20-15-54(61)82-58-52(59)12-13-53(58)60)51(55)7-3-6-44-14-21-81-50-42-45(8-10-47(44)50)56(17-5-41-84(65,66)67)18-22-73-27-30-77-35-38-79-33-32-75-25-24-71-2/h3,6-11,14,21,42-43H,4-5,12-13,15-20,22-41H2,1-2H3,(H2-,62,63,64,65,66,67,68,69,70)/p-2. The molecule has 3 heterocycles. The lowest BCUT2D eigenvalue weighted by atomic mass is 9.77. The Morgan fingerprint density at radius 2 is 1.18 bits per heavy atom. The van der Waals surface area contributed by atoms with Gasteiger partial charge in [0, 0.05) is 72.9 Å². The Bertz CT molecular complexity index is 3010. The lowest BCUT2D eigenvalue weighted by Gasteiger charge is -2.30. The number of anilines is 1. The molecule has 1 saturated heterocycles. The molecule has 85 heavy (non-hydrogen) atoms. The van der Waals surface area contributed by atoms with E-state index in [4.69, 9.17) is 56.6 Å². The third-order valence-corrected chi connectivity index (χ3v) is 15.6. The SMILES string of the molecule is COCCOCCOCCOCCOCC[N+](CCCS(=O)(=O)[O-])=c1ccc2c(/C=C/C=C3/N(CCOCCOCCOCCOCCOCCC(=O)ON4C(=O)CCC4=O)c4ccc(S(=O)(=O)[O-])cc4C3(C)CCCS(=O)(=O)[O-])ccoc-2c1. The summed E-state index contributed by atoms with van der Waals surface area (Å²) < 4.78 is 170. The average Bonchev–Trinajstić information content (AvgIpc) is 1.91. The highest BCUT2D eigenvalue weighted by atomic mass is 32.2. The first-order valence-electron chi connectivity index (χ1n) is 27.7. The van der Waals surface area contributed by atoms with E-state index in [-0.39, 0.29) is 124 Å². The van der Waals surface area contributed by atoms with Gasteiger partial charge in [-0.1, -0.05) is 12.2 Å². The minimum atomic E-state index is -4.91. The average molecular weight is 1260 g/mol. The summed E-state index contributed by atoms with van der Waals surface area (Å²) in [5.74, 6) is -2.62. The zero-order valence-electron chi connectivity index (χ0n) is 47.9. The van der Waals surface area contributed by atoms with Crippen LogP contribution in [-0.2, 0) is 102 Å². The second kappa shape index (κ2) is 36.9. The van der Waals surface area contributed by atoms with Crippen molar-refractivity contribution in [3.8, 4) is 11.3 Å². The smallest absolute Gasteiger partial charge is 0.335 e. The molecular weight excluding hydrogens is 1180 g/mol. The van der Waals surface area contributed by atoms with Gasteiger partial charge in [0.05, 0.1) is 163 Å². The van der Waals surface area contributed by atoms with Crippen LogP contribution in [0.15, 0.2) is 75.9 Å². The van der Waals surface area contributed by atoms with Gasteiger partial charge in [-0.3, -0.25) is 9.59 Å². The number of allylic oxidation sites excluding steroid dienone is 3. The van der Waals surface area contributed by atoms with E-state index in [2.05, 4.69) is 0 Å². The van der Waals surface area contributed by atoms with E-state index < -0.39 is 70.0 Å². The van der Waals surface area contributed by atoms with E-state index in [1.165, 1.54) is 24.5 Å². The fraction of sp³-hybridized carbons (Fsp3) is 0.600. The molecule has 30 heteroatoms. The molecule has 1 fully saturated rings. The normalized spacial score (nSPS) is 16.6. The van der Waals surface area contributed by atoms with Gasteiger partial charge in [-0.15, -0.1) is 5.06 Å². The Labute approximate surface area is 496 Å². The molecule has 4 aliphatic rings. The van der Waals surface area contributed by atoms with Crippen LogP contribution in [0.1, 0.15) is 56.6 Å². The molecule has 27 nitrogen and oxygen atoms in total. The molecule has 0 N–H and O–H groups in total. The van der Waals surface area contributed by atoms with Crippen LogP contribution in [0.4, 0.5) is 5.69 Å². The highest BCUT2D eigenvalue weighted by Crippen LogP contribution is 2.51.